The summed E-state index contributed by atoms with van der Waals surface area (Å²) >= 11 is 0. The van der Waals surface area contributed by atoms with Gasteiger partial charge >= 0.3 is 0 Å². The average molecular weight is 389 g/mol. The first kappa shape index (κ1) is 18.5. The van der Waals surface area contributed by atoms with Crippen molar-refractivity contribution in [3.8, 4) is 0 Å². The lowest BCUT2D eigenvalue weighted by atomic mass is 9.41. The number of carbonyl (C=O) groups excluding carboxylic acids is 1. The fourth-order valence-electron chi connectivity index (χ4n) is 7.01. The van der Waals surface area contributed by atoms with E-state index in [0.717, 1.165) is 31.2 Å². The van der Waals surface area contributed by atoms with Crippen molar-refractivity contribution in [1.29, 1.82) is 0 Å². The van der Waals surface area contributed by atoms with Crippen LogP contribution in [0, 0.1) is 17.3 Å². The van der Waals surface area contributed by atoms with E-state index < -0.39 is 23.2 Å². The first-order valence-corrected chi connectivity index (χ1v) is 10.8. The lowest BCUT2D eigenvalue weighted by Crippen LogP contribution is -2.66. The Hall–Kier alpha value is -1.49. The van der Waals surface area contributed by atoms with Crippen LogP contribution in [-0.2, 0) is 10.2 Å². The molecule has 5 aliphatic carbocycles. The van der Waals surface area contributed by atoms with Crippen LogP contribution in [0.15, 0.2) is 30.3 Å². The average Bonchev–Trinajstić information content (AvgIpc) is 2.68. The number of amides is 1. The standard InChI is InChI=1S/C23H30F2N2O/c24-23(25)16-10-21(15-4-2-1-3-5-15)11-17(23)13-22(12-16,14-21)20(28)27-19-8-6-18(26)7-9-19/h1-5,16-19H,6-14,26H2,(H,27,28)/t16?,17?,18-,19-,21?,22?. The van der Waals surface area contributed by atoms with Crippen molar-refractivity contribution in [3.05, 3.63) is 35.9 Å². The van der Waals surface area contributed by atoms with E-state index in [1.807, 2.05) is 18.2 Å². The van der Waals surface area contributed by atoms with E-state index in [4.69, 9.17) is 5.73 Å². The number of hydrogen-bond acceptors (Lipinski definition) is 2. The number of benzene rings is 1. The number of hydrogen-bond donors (Lipinski definition) is 2. The SMILES string of the molecule is N[C@H]1CC[C@H](NC(=O)C23CC4CC(c5ccccc5)(CC(C2)C4(F)F)C3)CC1. The second-order valence-electron chi connectivity index (χ2n) is 10.1. The molecule has 1 amide bonds. The van der Waals surface area contributed by atoms with Gasteiger partial charge in [-0.15, -0.1) is 0 Å². The summed E-state index contributed by atoms with van der Waals surface area (Å²) in [6, 6.07) is 10.5. The molecule has 6 rings (SSSR count). The Morgan fingerprint density at radius 3 is 2.18 bits per heavy atom. The smallest absolute Gasteiger partial charge is 0.253 e. The normalized spacial score (nSPS) is 43.7. The predicted molar refractivity (Wildman–Crippen MR) is 104 cm³/mol. The van der Waals surface area contributed by atoms with Crippen molar-refractivity contribution in [2.45, 2.75) is 81.2 Å². The Morgan fingerprint density at radius 2 is 1.57 bits per heavy atom. The molecule has 0 heterocycles. The first-order valence-electron chi connectivity index (χ1n) is 10.8. The number of carbonyl (C=O) groups is 1. The number of alkyl halides is 2. The molecular weight excluding hydrogens is 358 g/mol. The van der Waals surface area contributed by atoms with E-state index >= 15 is 0 Å². The molecule has 3 N–H and O–H groups in total. The van der Waals surface area contributed by atoms with Gasteiger partial charge in [0.15, 0.2) is 0 Å². The van der Waals surface area contributed by atoms with Crippen LogP contribution in [0.3, 0.4) is 0 Å². The topological polar surface area (TPSA) is 55.1 Å². The summed E-state index contributed by atoms with van der Waals surface area (Å²) in [6.45, 7) is 0. The Labute approximate surface area is 165 Å². The minimum Gasteiger partial charge on any atom is -0.353 e. The number of halogens is 2. The number of rotatable bonds is 3. The zero-order chi connectivity index (χ0) is 19.6. The maximum Gasteiger partial charge on any atom is 0.253 e. The van der Waals surface area contributed by atoms with Gasteiger partial charge in [0.25, 0.3) is 5.92 Å². The zero-order valence-electron chi connectivity index (χ0n) is 16.3. The molecule has 2 unspecified atom stereocenters. The Kier molecular flexibility index (Phi) is 4.14. The lowest BCUT2D eigenvalue weighted by molar-refractivity contribution is -0.232. The highest BCUT2D eigenvalue weighted by Gasteiger charge is 2.70. The monoisotopic (exact) mass is 388 g/mol. The third-order valence-electron chi connectivity index (χ3n) is 8.29. The van der Waals surface area contributed by atoms with Gasteiger partial charge in [-0.1, -0.05) is 30.3 Å². The van der Waals surface area contributed by atoms with E-state index in [-0.39, 0.29) is 23.4 Å². The zero-order valence-corrected chi connectivity index (χ0v) is 16.3. The van der Waals surface area contributed by atoms with Crippen LogP contribution >= 0.6 is 0 Å². The first-order chi connectivity index (χ1) is 13.3. The van der Waals surface area contributed by atoms with E-state index in [2.05, 4.69) is 17.4 Å². The van der Waals surface area contributed by atoms with Gasteiger partial charge in [-0.2, -0.15) is 0 Å². The molecule has 1 aromatic carbocycles. The van der Waals surface area contributed by atoms with Crippen LogP contribution in [0.25, 0.3) is 0 Å². The molecule has 5 saturated carbocycles. The molecule has 3 nitrogen and oxygen atoms in total. The summed E-state index contributed by atoms with van der Waals surface area (Å²) in [5.41, 5.74) is 6.22. The van der Waals surface area contributed by atoms with Gasteiger partial charge in [0.1, 0.15) is 0 Å². The van der Waals surface area contributed by atoms with Crippen molar-refractivity contribution < 1.29 is 13.6 Å². The minimum absolute atomic E-state index is 0.0261. The third-order valence-corrected chi connectivity index (χ3v) is 8.29. The molecule has 0 radical (unpaired) electrons. The molecule has 152 valence electrons. The van der Waals surface area contributed by atoms with Gasteiger partial charge in [0, 0.05) is 23.9 Å². The number of nitrogens with one attached hydrogen (secondary N) is 1. The molecule has 1 aromatic rings. The summed E-state index contributed by atoms with van der Waals surface area (Å²) < 4.78 is 30.0. The van der Waals surface area contributed by atoms with E-state index in [0.29, 0.717) is 32.1 Å². The Balaban J connectivity index is 1.44. The van der Waals surface area contributed by atoms with Crippen LogP contribution < -0.4 is 11.1 Å². The molecule has 4 bridgehead atoms. The van der Waals surface area contributed by atoms with Crippen molar-refractivity contribution in [1.82, 2.24) is 5.32 Å². The fraction of sp³-hybridized carbons (Fsp3) is 0.696. The molecule has 2 atom stereocenters. The van der Waals surface area contributed by atoms with Crippen LogP contribution in [-0.4, -0.2) is 23.9 Å². The van der Waals surface area contributed by atoms with Gasteiger partial charge in [-0.3, -0.25) is 4.79 Å². The summed E-state index contributed by atoms with van der Waals surface area (Å²) in [4.78, 5) is 13.4. The quantitative estimate of drug-likeness (QED) is 0.817. The molecule has 0 spiro atoms. The number of nitrogens with two attached hydrogens (primary N) is 1. The summed E-state index contributed by atoms with van der Waals surface area (Å²) in [5, 5.41) is 3.25. The summed E-state index contributed by atoms with van der Waals surface area (Å²) in [6.07, 6.45) is 6.05. The minimum atomic E-state index is -2.64. The summed E-state index contributed by atoms with van der Waals surface area (Å²) in [5.74, 6) is -3.97. The van der Waals surface area contributed by atoms with Gasteiger partial charge < -0.3 is 11.1 Å². The molecule has 5 heteroatoms. The molecule has 5 fully saturated rings. The van der Waals surface area contributed by atoms with Crippen molar-refractivity contribution in [3.63, 3.8) is 0 Å². The van der Waals surface area contributed by atoms with Crippen molar-refractivity contribution >= 4 is 5.91 Å². The largest absolute Gasteiger partial charge is 0.353 e. The Morgan fingerprint density at radius 1 is 0.964 bits per heavy atom. The van der Waals surface area contributed by atoms with Crippen LogP contribution in [0.1, 0.15) is 63.4 Å². The predicted octanol–water partition coefficient (Wildman–Crippen LogP) is 4.16. The van der Waals surface area contributed by atoms with Gasteiger partial charge in [-0.25, -0.2) is 8.78 Å². The second-order valence-corrected chi connectivity index (χ2v) is 10.1. The summed E-state index contributed by atoms with van der Waals surface area (Å²) in [7, 11) is 0. The third kappa shape index (κ3) is 2.72. The van der Waals surface area contributed by atoms with Crippen molar-refractivity contribution in [2.24, 2.45) is 23.0 Å². The highest BCUT2D eigenvalue weighted by Crippen LogP contribution is 2.69. The molecular formula is C23H30F2N2O. The fourth-order valence-corrected chi connectivity index (χ4v) is 7.01. The van der Waals surface area contributed by atoms with Gasteiger partial charge in [0.05, 0.1) is 5.41 Å². The van der Waals surface area contributed by atoms with Gasteiger partial charge in [0.2, 0.25) is 5.91 Å². The molecule has 0 aliphatic heterocycles. The molecule has 28 heavy (non-hydrogen) atoms. The molecule has 0 aromatic heterocycles. The highest BCUT2D eigenvalue weighted by molar-refractivity contribution is 5.84. The van der Waals surface area contributed by atoms with E-state index in [1.54, 1.807) is 0 Å². The Bertz CT molecular complexity index is 739. The second kappa shape index (κ2) is 6.25. The van der Waals surface area contributed by atoms with Crippen LogP contribution in [0.2, 0.25) is 0 Å². The van der Waals surface area contributed by atoms with Crippen molar-refractivity contribution in [2.75, 3.05) is 0 Å². The maximum atomic E-state index is 15.0. The van der Waals surface area contributed by atoms with Crippen LogP contribution in [0.4, 0.5) is 8.78 Å². The lowest BCUT2D eigenvalue weighted by Gasteiger charge is -2.64. The molecule has 5 aliphatic rings. The molecule has 0 saturated heterocycles. The van der Waals surface area contributed by atoms with Gasteiger partial charge in [-0.05, 0) is 68.8 Å². The highest BCUT2D eigenvalue weighted by atomic mass is 19.3. The van der Waals surface area contributed by atoms with E-state index in [9.17, 15) is 13.6 Å². The van der Waals surface area contributed by atoms with E-state index in [1.165, 1.54) is 0 Å². The van der Waals surface area contributed by atoms with Crippen LogP contribution in [0.5, 0.6) is 0 Å². The maximum absolute atomic E-state index is 15.0.